The molecule has 0 aliphatic carbocycles. The number of rotatable bonds is 5. The number of nitrogens with two attached hydrogens (primary N) is 1. The van der Waals surface area contributed by atoms with Crippen LogP contribution in [-0.2, 0) is 0 Å². The molecule has 0 radical (unpaired) electrons. The molecule has 15 heavy (non-hydrogen) atoms. The van der Waals surface area contributed by atoms with Gasteiger partial charge in [-0.3, -0.25) is 4.79 Å². The van der Waals surface area contributed by atoms with Crippen LogP contribution in [0.4, 0.5) is 5.13 Å². The number of carbonyl (C=O) groups is 1. The molecule has 3 N–H and O–H groups in total. The molecule has 1 unspecified atom stereocenters. The average molecular weight is 246 g/mol. The van der Waals surface area contributed by atoms with Gasteiger partial charge in [-0.15, -0.1) is 10.2 Å². The molecule has 0 aromatic carbocycles. The van der Waals surface area contributed by atoms with Crippen molar-refractivity contribution in [2.45, 2.75) is 19.9 Å². The summed E-state index contributed by atoms with van der Waals surface area (Å²) in [6, 6.07) is 0.132. The second-order valence-electron chi connectivity index (χ2n) is 2.98. The summed E-state index contributed by atoms with van der Waals surface area (Å²) in [4.78, 5) is 11.6. The summed E-state index contributed by atoms with van der Waals surface area (Å²) in [6.45, 7) is 4.05. The number of carbonyl (C=O) groups excluding carboxylic acids is 1. The maximum Gasteiger partial charge on any atom is 0.282 e. The van der Waals surface area contributed by atoms with E-state index in [4.69, 9.17) is 5.73 Å². The van der Waals surface area contributed by atoms with Gasteiger partial charge in [-0.1, -0.05) is 18.3 Å². The van der Waals surface area contributed by atoms with Crippen LogP contribution in [0.5, 0.6) is 0 Å². The fraction of sp³-hybridized carbons (Fsp3) is 0.625. The highest BCUT2D eigenvalue weighted by molar-refractivity contribution is 7.99. The summed E-state index contributed by atoms with van der Waals surface area (Å²) >= 11 is 2.88. The number of aromatic nitrogens is 2. The van der Waals surface area contributed by atoms with Crippen molar-refractivity contribution in [1.29, 1.82) is 0 Å². The zero-order chi connectivity index (χ0) is 11.3. The van der Waals surface area contributed by atoms with Crippen molar-refractivity contribution < 1.29 is 4.79 Å². The van der Waals surface area contributed by atoms with Crippen molar-refractivity contribution in [2.75, 3.05) is 17.2 Å². The van der Waals surface area contributed by atoms with Crippen LogP contribution in [-0.4, -0.2) is 33.7 Å². The summed E-state index contributed by atoms with van der Waals surface area (Å²) in [5, 5.41) is 10.7. The third kappa shape index (κ3) is 4.05. The fourth-order valence-corrected chi connectivity index (χ4v) is 2.13. The number of hydrogen-bond acceptors (Lipinski definition) is 6. The van der Waals surface area contributed by atoms with Gasteiger partial charge in [0.1, 0.15) is 0 Å². The molecule has 7 heteroatoms. The van der Waals surface area contributed by atoms with E-state index in [1.54, 1.807) is 11.8 Å². The molecule has 0 aliphatic heterocycles. The van der Waals surface area contributed by atoms with Crippen LogP contribution in [0.1, 0.15) is 23.6 Å². The molecule has 1 aromatic heterocycles. The molecule has 1 amide bonds. The summed E-state index contributed by atoms with van der Waals surface area (Å²) in [5.74, 6) is 1.75. The average Bonchev–Trinajstić information content (AvgIpc) is 2.61. The van der Waals surface area contributed by atoms with E-state index in [1.165, 1.54) is 0 Å². The second kappa shape index (κ2) is 5.92. The highest BCUT2D eigenvalue weighted by Crippen LogP contribution is 2.11. The van der Waals surface area contributed by atoms with Crippen LogP contribution in [0.25, 0.3) is 0 Å². The minimum Gasteiger partial charge on any atom is -0.374 e. The smallest absolute Gasteiger partial charge is 0.282 e. The van der Waals surface area contributed by atoms with Crippen molar-refractivity contribution >= 4 is 34.1 Å². The molecule has 0 spiro atoms. The molecular weight excluding hydrogens is 232 g/mol. The molecule has 0 bridgehead atoms. The number of nitrogen functional groups attached to an aromatic ring is 1. The van der Waals surface area contributed by atoms with E-state index in [-0.39, 0.29) is 11.9 Å². The highest BCUT2D eigenvalue weighted by atomic mass is 32.2. The first-order valence-corrected chi connectivity index (χ1v) is 6.58. The molecule has 0 fully saturated rings. The lowest BCUT2D eigenvalue weighted by Crippen LogP contribution is -2.34. The van der Waals surface area contributed by atoms with Crippen molar-refractivity contribution in [3.63, 3.8) is 0 Å². The minimum atomic E-state index is -0.201. The fourth-order valence-electron chi connectivity index (χ4n) is 0.948. The van der Waals surface area contributed by atoms with Gasteiger partial charge in [0.2, 0.25) is 10.1 Å². The number of nitrogens with one attached hydrogen (secondary N) is 1. The zero-order valence-electron chi connectivity index (χ0n) is 8.69. The first kappa shape index (κ1) is 12.3. The number of amides is 1. The summed E-state index contributed by atoms with van der Waals surface area (Å²) < 4.78 is 0. The van der Waals surface area contributed by atoms with Crippen molar-refractivity contribution in [1.82, 2.24) is 15.5 Å². The van der Waals surface area contributed by atoms with Crippen molar-refractivity contribution in [3.05, 3.63) is 5.01 Å². The predicted molar refractivity (Wildman–Crippen MR) is 64.2 cm³/mol. The Morgan fingerprint density at radius 1 is 1.67 bits per heavy atom. The van der Waals surface area contributed by atoms with Gasteiger partial charge in [-0.2, -0.15) is 11.8 Å². The van der Waals surface area contributed by atoms with E-state index >= 15 is 0 Å². The maximum atomic E-state index is 11.6. The van der Waals surface area contributed by atoms with Gasteiger partial charge in [-0.05, 0) is 12.7 Å². The Kier molecular flexibility index (Phi) is 4.83. The van der Waals surface area contributed by atoms with Gasteiger partial charge in [0.15, 0.2) is 0 Å². The van der Waals surface area contributed by atoms with Gasteiger partial charge in [-0.25, -0.2) is 0 Å². The van der Waals surface area contributed by atoms with Gasteiger partial charge < -0.3 is 11.1 Å². The molecule has 84 valence electrons. The molecule has 1 heterocycles. The van der Waals surface area contributed by atoms with Gasteiger partial charge in [0.05, 0.1) is 0 Å². The number of thioether (sulfide) groups is 1. The van der Waals surface area contributed by atoms with E-state index in [0.29, 0.717) is 10.1 Å². The van der Waals surface area contributed by atoms with Gasteiger partial charge in [0.25, 0.3) is 5.91 Å². The molecular formula is C8H14N4OS2. The molecule has 0 saturated heterocycles. The van der Waals surface area contributed by atoms with Crippen LogP contribution in [0.3, 0.4) is 0 Å². The summed E-state index contributed by atoms with van der Waals surface area (Å²) in [7, 11) is 0. The Bertz CT molecular complexity index is 328. The number of hydrogen-bond donors (Lipinski definition) is 2. The summed E-state index contributed by atoms with van der Waals surface area (Å²) in [6.07, 6.45) is 0. The second-order valence-corrected chi connectivity index (χ2v) is 5.31. The van der Waals surface area contributed by atoms with E-state index in [1.807, 2.05) is 6.92 Å². The SMILES string of the molecule is CCSCC(C)NC(=O)c1nnc(N)s1. The standard InChI is InChI=1S/C8H14N4OS2/c1-3-14-4-5(2)10-6(13)7-11-12-8(9)15-7/h5H,3-4H2,1-2H3,(H2,9,12)(H,10,13). The highest BCUT2D eigenvalue weighted by Gasteiger charge is 2.13. The third-order valence-electron chi connectivity index (χ3n) is 1.58. The van der Waals surface area contributed by atoms with Gasteiger partial charge >= 0.3 is 0 Å². The van der Waals surface area contributed by atoms with Crippen LogP contribution < -0.4 is 11.1 Å². The molecule has 1 aromatic rings. The Morgan fingerprint density at radius 3 is 2.93 bits per heavy atom. The monoisotopic (exact) mass is 246 g/mol. The molecule has 1 rings (SSSR count). The Hall–Kier alpha value is -0.820. The normalized spacial score (nSPS) is 12.4. The number of nitrogens with zero attached hydrogens (tertiary/aromatic N) is 2. The van der Waals surface area contributed by atoms with E-state index in [2.05, 4.69) is 22.4 Å². The molecule has 0 aliphatic rings. The molecule has 1 atom stereocenters. The Labute approximate surface area is 96.8 Å². The van der Waals surface area contributed by atoms with Crippen molar-refractivity contribution in [2.24, 2.45) is 0 Å². The third-order valence-corrected chi connectivity index (χ3v) is 3.48. The Morgan fingerprint density at radius 2 is 2.40 bits per heavy atom. The predicted octanol–water partition coefficient (Wildman–Crippen LogP) is 0.992. The first-order chi connectivity index (χ1) is 7.13. The lowest BCUT2D eigenvalue weighted by atomic mass is 10.4. The van der Waals surface area contributed by atoms with Crippen LogP contribution in [0.15, 0.2) is 0 Å². The lowest BCUT2D eigenvalue weighted by Gasteiger charge is -2.11. The largest absolute Gasteiger partial charge is 0.374 e. The Balaban J connectivity index is 2.42. The first-order valence-electron chi connectivity index (χ1n) is 4.61. The maximum absolute atomic E-state index is 11.6. The van der Waals surface area contributed by atoms with E-state index < -0.39 is 0 Å². The van der Waals surface area contributed by atoms with Crippen LogP contribution in [0, 0.1) is 0 Å². The van der Waals surface area contributed by atoms with Crippen molar-refractivity contribution in [3.8, 4) is 0 Å². The molecule has 5 nitrogen and oxygen atoms in total. The lowest BCUT2D eigenvalue weighted by molar-refractivity contribution is 0.0942. The quantitative estimate of drug-likeness (QED) is 0.810. The van der Waals surface area contributed by atoms with Gasteiger partial charge in [0, 0.05) is 11.8 Å². The van der Waals surface area contributed by atoms with Crippen LogP contribution >= 0.6 is 23.1 Å². The number of anilines is 1. The van der Waals surface area contributed by atoms with E-state index in [0.717, 1.165) is 22.8 Å². The molecule has 0 saturated carbocycles. The van der Waals surface area contributed by atoms with E-state index in [9.17, 15) is 4.79 Å². The minimum absolute atomic E-state index is 0.132. The topological polar surface area (TPSA) is 80.9 Å². The zero-order valence-corrected chi connectivity index (χ0v) is 10.3. The summed E-state index contributed by atoms with van der Waals surface area (Å²) in [5.41, 5.74) is 5.39. The van der Waals surface area contributed by atoms with Crippen LogP contribution in [0.2, 0.25) is 0 Å².